The molecule has 0 radical (unpaired) electrons. The molecular weight excluding hydrogens is 210 g/mol. The van der Waals surface area contributed by atoms with Crippen LogP contribution in [0.5, 0.6) is 0 Å². The van der Waals surface area contributed by atoms with Crippen LogP contribution in [0.1, 0.15) is 24.3 Å². The Kier molecular flexibility index (Phi) is 2.35. The lowest BCUT2D eigenvalue weighted by atomic mass is 9.94. The van der Waals surface area contributed by atoms with Gasteiger partial charge < -0.3 is 9.47 Å². The van der Waals surface area contributed by atoms with Gasteiger partial charge in [-0.3, -0.25) is 0 Å². The van der Waals surface area contributed by atoms with E-state index >= 15 is 0 Å². The normalized spacial score (nSPS) is 24.4. The molecule has 2 aliphatic rings. The highest BCUT2D eigenvalue weighted by atomic mass is 32.1. The van der Waals surface area contributed by atoms with Crippen molar-refractivity contribution >= 4 is 16.9 Å². The highest BCUT2D eigenvalue weighted by molar-refractivity contribution is 7.10. The number of aromatic nitrogens is 1. The summed E-state index contributed by atoms with van der Waals surface area (Å²) in [6.45, 7) is 1.47. The van der Waals surface area contributed by atoms with Crippen LogP contribution in [-0.4, -0.2) is 24.0 Å². The van der Waals surface area contributed by atoms with Gasteiger partial charge in [0.15, 0.2) is 5.79 Å². The first-order valence-electron chi connectivity index (χ1n) is 5.25. The lowest BCUT2D eigenvalue weighted by molar-refractivity contribution is -0.159. The Morgan fingerprint density at radius 1 is 1.33 bits per heavy atom. The Bertz CT molecular complexity index is 366. The summed E-state index contributed by atoms with van der Waals surface area (Å²) >= 11 is 1.70. The average Bonchev–Trinajstić information content (AvgIpc) is 2.91. The lowest BCUT2D eigenvalue weighted by Gasteiger charge is -2.30. The highest BCUT2D eigenvalue weighted by Gasteiger charge is 2.37. The number of hydrogen-bond donors (Lipinski definition) is 0. The van der Waals surface area contributed by atoms with E-state index in [0.29, 0.717) is 0 Å². The molecular formula is C11H13NO2S. The third-order valence-corrected chi connectivity index (χ3v) is 3.80. The Hall–Kier alpha value is -0.710. The van der Waals surface area contributed by atoms with E-state index in [1.165, 1.54) is 5.57 Å². The maximum Gasteiger partial charge on any atom is 0.172 e. The van der Waals surface area contributed by atoms with Gasteiger partial charge in [0.25, 0.3) is 0 Å². The van der Waals surface area contributed by atoms with Crippen LogP contribution in [0.3, 0.4) is 0 Å². The minimum absolute atomic E-state index is 0.305. The van der Waals surface area contributed by atoms with E-state index in [0.717, 1.165) is 37.5 Å². The molecule has 1 aromatic rings. The first-order valence-corrected chi connectivity index (χ1v) is 6.13. The number of thiazole rings is 1. The van der Waals surface area contributed by atoms with E-state index in [-0.39, 0.29) is 5.79 Å². The molecule has 0 aromatic carbocycles. The van der Waals surface area contributed by atoms with Gasteiger partial charge >= 0.3 is 0 Å². The van der Waals surface area contributed by atoms with Gasteiger partial charge in [0, 0.05) is 24.4 Å². The largest absolute Gasteiger partial charge is 0.347 e. The quantitative estimate of drug-likeness (QED) is 0.733. The average molecular weight is 223 g/mol. The molecule has 0 atom stereocenters. The Morgan fingerprint density at radius 3 is 2.80 bits per heavy atom. The minimum atomic E-state index is -0.305. The van der Waals surface area contributed by atoms with Gasteiger partial charge in [0.1, 0.15) is 5.01 Å². The van der Waals surface area contributed by atoms with Gasteiger partial charge in [0.05, 0.1) is 13.2 Å². The standard InChI is InChI=1S/C11H13NO2S/c1-3-11(13-6-7-14-11)4-2-9(1)10-12-5-8-15-10/h1,5,8H,2-4,6-7H2. The summed E-state index contributed by atoms with van der Waals surface area (Å²) in [6.07, 6.45) is 6.90. The smallest absolute Gasteiger partial charge is 0.172 e. The van der Waals surface area contributed by atoms with Gasteiger partial charge in [0.2, 0.25) is 0 Å². The molecule has 1 aliphatic carbocycles. The fourth-order valence-corrected chi connectivity index (χ4v) is 2.85. The summed E-state index contributed by atoms with van der Waals surface area (Å²) in [7, 11) is 0. The second-order valence-corrected chi connectivity index (χ2v) is 4.77. The predicted octanol–water partition coefficient (Wildman–Crippen LogP) is 2.45. The first-order chi connectivity index (χ1) is 7.38. The van der Waals surface area contributed by atoms with Crippen LogP contribution < -0.4 is 0 Å². The van der Waals surface area contributed by atoms with E-state index in [2.05, 4.69) is 11.1 Å². The van der Waals surface area contributed by atoms with Gasteiger partial charge in [-0.1, -0.05) is 6.08 Å². The maximum atomic E-state index is 5.66. The molecule has 0 saturated carbocycles. The Labute approximate surface area is 92.7 Å². The van der Waals surface area contributed by atoms with Crippen molar-refractivity contribution in [3.8, 4) is 0 Å². The van der Waals surface area contributed by atoms with Crippen molar-refractivity contribution in [2.45, 2.75) is 25.0 Å². The number of ether oxygens (including phenoxy) is 2. The molecule has 3 rings (SSSR count). The molecule has 0 bridgehead atoms. The van der Waals surface area contributed by atoms with Crippen LogP contribution in [0.4, 0.5) is 0 Å². The van der Waals surface area contributed by atoms with Crippen molar-refractivity contribution in [1.29, 1.82) is 0 Å². The zero-order valence-electron chi connectivity index (χ0n) is 8.44. The SMILES string of the molecule is C1=C(c2nccs2)CCC2(C1)OCCO2. The molecule has 1 saturated heterocycles. The maximum absolute atomic E-state index is 5.66. The van der Waals surface area contributed by atoms with Crippen LogP contribution >= 0.6 is 11.3 Å². The molecule has 15 heavy (non-hydrogen) atoms. The van der Waals surface area contributed by atoms with Crippen LogP contribution in [0.25, 0.3) is 5.57 Å². The zero-order chi connectivity index (χ0) is 10.1. The van der Waals surface area contributed by atoms with Crippen LogP contribution in [-0.2, 0) is 9.47 Å². The summed E-state index contributed by atoms with van der Waals surface area (Å²) in [5.74, 6) is -0.305. The van der Waals surface area contributed by atoms with Crippen LogP contribution in [0.2, 0.25) is 0 Å². The molecule has 1 spiro atoms. The van der Waals surface area contributed by atoms with Crippen molar-refractivity contribution in [1.82, 2.24) is 4.98 Å². The van der Waals surface area contributed by atoms with Gasteiger partial charge in [-0.25, -0.2) is 4.98 Å². The van der Waals surface area contributed by atoms with E-state index < -0.39 is 0 Å². The van der Waals surface area contributed by atoms with Crippen molar-refractivity contribution in [2.24, 2.45) is 0 Å². The number of allylic oxidation sites excluding steroid dienone is 1. The molecule has 4 heteroatoms. The topological polar surface area (TPSA) is 31.4 Å². The third kappa shape index (κ3) is 1.73. The van der Waals surface area contributed by atoms with Crippen LogP contribution in [0.15, 0.2) is 17.7 Å². The summed E-state index contributed by atoms with van der Waals surface area (Å²) in [6, 6.07) is 0. The number of hydrogen-bond acceptors (Lipinski definition) is 4. The molecule has 0 N–H and O–H groups in total. The molecule has 1 fully saturated rings. The summed E-state index contributed by atoms with van der Waals surface area (Å²) < 4.78 is 11.3. The molecule has 80 valence electrons. The molecule has 0 amide bonds. The molecule has 1 aromatic heterocycles. The minimum Gasteiger partial charge on any atom is -0.347 e. The zero-order valence-corrected chi connectivity index (χ0v) is 9.26. The predicted molar refractivity (Wildman–Crippen MR) is 58.6 cm³/mol. The molecule has 1 aliphatic heterocycles. The number of nitrogens with zero attached hydrogens (tertiary/aromatic N) is 1. The van der Waals surface area contributed by atoms with Crippen LogP contribution in [0, 0.1) is 0 Å². The highest BCUT2D eigenvalue weighted by Crippen LogP contribution is 2.38. The van der Waals surface area contributed by atoms with E-state index in [1.54, 1.807) is 11.3 Å². The summed E-state index contributed by atoms with van der Waals surface area (Å²) in [5.41, 5.74) is 1.34. The van der Waals surface area contributed by atoms with Crippen molar-refractivity contribution in [2.75, 3.05) is 13.2 Å². The Morgan fingerprint density at radius 2 is 2.20 bits per heavy atom. The molecule has 3 nitrogen and oxygen atoms in total. The summed E-state index contributed by atoms with van der Waals surface area (Å²) in [4.78, 5) is 4.32. The summed E-state index contributed by atoms with van der Waals surface area (Å²) in [5, 5.41) is 3.16. The van der Waals surface area contributed by atoms with Gasteiger partial charge in [-0.2, -0.15) is 0 Å². The van der Waals surface area contributed by atoms with E-state index in [9.17, 15) is 0 Å². The fourth-order valence-electron chi connectivity index (χ4n) is 2.14. The molecule has 2 heterocycles. The Balaban J connectivity index is 1.78. The fraction of sp³-hybridized carbons (Fsp3) is 0.545. The lowest BCUT2D eigenvalue weighted by Crippen LogP contribution is -2.31. The second kappa shape index (κ2) is 3.70. The van der Waals surface area contributed by atoms with E-state index in [4.69, 9.17) is 9.47 Å². The van der Waals surface area contributed by atoms with Crippen molar-refractivity contribution in [3.63, 3.8) is 0 Å². The second-order valence-electron chi connectivity index (χ2n) is 3.88. The first kappa shape index (κ1) is 9.51. The monoisotopic (exact) mass is 223 g/mol. The van der Waals surface area contributed by atoms with Crippen molar-refractivity contribution < 1.29 is 9.47 Å². The molecule has 0 unspecified atom stereocenters. The third-order valence-electron chi connectivity index (χ3n) is 2.96. The number of rotatable bonds is 1. The van der Waals surface area contributed by atoms with Gasteiger partial charge in [-0.15, -0.1) is 11.3 Å². The van der Waals surface area contributed by atoms with E-state index in [1.807, 2.05) is 11.6 Å². The van der Waals surface area contributed by atoms with Crippen molar-refractivity contribution in [3.05, 3.63) is 22.7 Å². The van der Waals surface area contributed by atoms with Gasteiger partial charge in [-0.05, 0) is 12.0 Å².